The van der Waals surface area contributed by atoms with Crippen molar-refractivity contribution in [3.05, 3.63) is 64.4 Å². The second kappa shape index (κ2) is 5.16. The van der Waals surface area contributed by atoms with E-state index >= 15 is 0 Å². The fourth-order valence-corrected chi connectivity index (χ4v) is 1.73. The van der Waals surface area contributed by atoms with Gasteiger partial charge < -0.3 is 0 Å². The van der Waals surface area contributed by atoms with Crippen LogP contribution in [0.5, 0.6) is 0 Å². The first-order valence-corrected chi connectivity index (χ1v) is 5.49. The van der Waals surface area contributed by atoms with Crippen molar-refractivity contribution in [3.63, 3.8) is 0 Å². The first-order chi connectivity index (χ1) is 8.61. The van der Waals surface area contributed by atoms with Gasteiger partial charge in [-0.25, -0.2) is 4.39 Å². The normalized spacial score (nSPS) is 10.2. The van der Waals surface area contributed by atoms with Crippen LogP contribution in [0.4, 0.5) is 10.1 Å². The first-order valence-electron chi connectivity index (χ1n) is 5.12. The van der Waals surface area contributed by atoms with Gasteiger partial charge in [0.15, 0.2) is 5.78 Å². The zero-order valence-corrected chi connectivity index (χ0v) is 9.91. The van der Waals surface area contributed by atoms with Gasteiger partial charge in [-0.1, -0.05) is 11.6 Å². The van der Waals surface area contributed by atoms with Gasteiger partial charge in [0.05, 0.1) is 5.69 Å². The third-order valence-electron chi connectivity index (χ3n) is 2.45. The number of hydrogen-bond donors (Lipinski definition) is 2. The molecule has 0 radical (unpaired) electrons. The van der Waals surface area contributed by atoms with E-state index in [9.17, 15) is 9.18 Å². The van der Waals surface area contributed by atoms with Crippen LogP contribution in [-0.4, -0.2) is 11.0 Å². The summed E-state index contributed by atoms with van der Waals surface area (Å²) in [5.74, 6) is -0.771. The minimum atomic E-state index is -0.418. The van der Waals surface area contributed by atoms with E-state index in [1.165, 1.54) is 36.4 Å². The molecule has 0 aliphatic heterocycles. The summed E-state index contributed by atoms with van der Waals surface area (Å²) in [4.78, 5) is 12.2. The van der Waals surface area contributed by atoms with Crippen LogP contribution in [0.25, 0.3) is 0 Å². The number of nitrogens with one attached hydrogen (secondary N) is 1. The molecule has 0 fully saturated rings. The van der Waals surface area contributed by atoms with Crippen LogP contribution in [0.2, 0.25) is 5.02 Å². The Bertz CT molecular complexity index is 584. The Balaban J connectivity index is 2.45. The maximum absolute atomic E-state index is 12.8. The lowest BCUT2D eigenvalue weighted by Crippen LogP contribution is -2.05. The van der Waals surface area contributed by atoms with E-state index in [1.54, 1.807) is 6.07 Å². The monoisotopic (exact) mass is 265 g/mol. The third-order valence-corrected chi connectivity index (χ3v) is 2.69. The van der Waals surface area contributed by atoms with Crippen LogP contribution in [-0.2, 0) is 0 Å². The van der Waals surface area contributed by atoms with Crippen LogP contribution in [0.15, 0.2) is 42.5 Å². The smallest absolute Gasteiger partial charge is 0.195 e. The van der Waals surface area contributed by atoms with Crippen LogP contribution in [0, 0.1) is 5.82 Å². The molecule has 2 aromatic rings. The minimum Gasteiger partial charge on any atom is -0.291 e. The lowest BCUT2D eigenvalue weighted by molar-refractivity contribution is 0.103. The Hall–Kier alpha value is -1.91. The first kappa shape index (κ1) is 12.5. The molecule has 0 amide bonds. The van der Waals surface area contributed by atoms with Crippen molar-refractivity contribution in [1.82, 2.24) is 0 Å². The Labute approximate surface area is 108 Å². The van der Waals surface area contributed by atoms with Crippen LogP contribution >= 0.6 is 11.6 Å². The molecule has 0 saturated heterocycles. The summed E-state index contributed by atoms with van der Waals surface area (Å²) in [5.41, 5.74) is 2.71. The highest BCUT2D eigenvalue weighted by Gasteiger charge is 2.14. The largest absolute Gasteiger partial charge is 0.291 e. The summed E-state index contributed by atoms with van der Waals surface area (Å²) in [6.07, 6.45) is 0. The Morgan fingerprint density at radius 3 is 2.44 bits per heavy atom. The third kappa shape index (κ3) is 2.50. The van der Waals surface area contributed by atoms with Gasteiger partial charge in [0, 0.05) is 16.1 Å². The second-order valence-electron chi connectivity index (χ2n) is 3.64. The number of ketones is 1. The summed E-state index contributed by atoms with van der Waals surface area (Å²) in [6, 6.07) is 9.61. The molecular formula is C13H9ClFNO2. The molecular weight excluding hydrogens is 257 g/mol. The fourth-order valence-electron chi connectivity index (χ4n) is 1.56. The molecule has 0 atom stereocenters. The zero-order chi connectivity index (χ0) is 13.1. The molecule has 18 heavy (non-hydrogen) atoms. The van der Waals surface area contributed by atoms with E-state index in [-0.39, 0.29) is 17.0 Å². The fraction of sp³-hybridized carbons (Fsp3) is 0. The number of carbonyl (C=O) groups excluding carboxylic acids is 1. The molecule has 0 bridgehead atoms. The van der Waals surface area contributed by atoms with Crippen LogP contribution < -0.4 is 5.48 Å². The topological polar surface area (TPSA) is 49.3 Å². The van der Waals surface area contributed by atoms with Gasteiger partial charge in [-0.2, -0.15) is 0 Å². The molecule has 0 aliphatic carbocycles. The van der Waals surface area contributed by atoms with E-state index in [0.29, 0.717) is 10.6 Å². The second-order valence-corrected chi connectivity index (χ2v) is 4.07. The lowest BCUT2D eigenvalue weighted by Gasteiger charge is -2.07. The maximum Gasteiger partial charge on any atom is 0.195 e. The Morgan fingerprint density at radius 2 is 1.83 bits per heavy atom. The van der Waals surface area contributed by atoms with Crippen LogP contribution in [0.3, 0.4) is 0 Å². The standard InChI is InChI=1S/C13H9ClFNO2/c14-9-3-6-12(16-18)11(7-9)13(17)8-1-4-10(15)5-2-8/h1-7,16,18H. The van der Waals surface area contributed by atoms with E-state index in [2.05, 4.69) is 0 Å². The molecule has 92 valence electrons. The Morgan fingerprint density at radius 1 is 1.17 bits per heavy atom. The lowest BCUT2D eigenvalue weighted by atomic mass is 10.0. The average Bonchev–Trinajstić information content (AvgIpc) is 2.39. The minimum absolute atomic E-state index is 0.219. The quantitative estimate of drug-likeness (QED) is 0.659. The van der Waals surface area contributed by atoms with Crippen molar-refractivity contribution < 1.29 is 14.4 Å². The highest BCUT2D eigenvalue weighted by Crippen LogP contribution is 2.23. The molecule has 0 spiro atoms. The zero-order valence-electron chi connectivity index (χ0n) is 9.15. The van der Waals surface area contributed by atoms with Gasteiger partial charge in [0.25, 0.3) is 0 Å². The van der Waals surface area contributed by atoms with Crippen molar-refractivity contribution >= 4 is 23.1 Å². The van der Waals surface area contributed by atoms with Gasteiger partial charge >= 0.3 is 0 Å². The highest BCUT2D eigenvalue weighted by molar-refractivity contribution is 6.31. The van der Waals surface area contributed by atoms with E-state index < -0.39 is 5.82 Å². The number of hydrogen-bond acceptors (Lipinski definition) is 3. The summed E-state index contributed by atoms with van der Waals surface area (Å²) in [6.45, 7) is 0. The molecule has 0 heterocycles. The molecule has 2 aromatic carbocycles. The van der Waals surface area contributed by atoms with Gasteiger partial charge in [0.1, 0.15) is 5.82 Å². The molecule has 3 nitrogen and oxygen atoms in total. The molecule has 0 unspecified atom stereocenters. The highest BCUT2D eigenvalue weighted by atomic mass is 35.5. The van der Waals surface area contributed by atoms with Gasteiger partial charge in [-0.15, -0.1) is 0 Å². The predicted molar refractivity (Wildman–Crippen MR) is 66.7 cm³/mol. The summed E-state index contributed by atoms with van der Waals surface area (Å²) in [5, 5.41) is 9.32. The molecule has 0 saturated carbocycles. The molecule has 2 rings (SSSR count). The average molecular weight is 266 g/mol. The van der Waals surface area contributed by atoms with E-state index in [1.807, 2.05) is 5.48 Å². The van der Waals surface area contributed by atoms with Gasteiger partial charge in [-0.3, -0.25) is 15.5 Å². The molecule has 0 aromatic heterocycles. The maximum atomic E-state index is 12.8. The predicted octanol–water partition coefficient (Wildman–Crippen LogP) is 3.51. The van der Waals surface area contributed by atoms with Crippen molar-refractivity contribution in [1.29, 1.82) is 0 Å². The number of benzene rings is 2. The number of anilines is 1. The number of halogens is 2. The van der Waals surface area contributed by atoms with Gasteiger partial charge in [0.2, 0.25) is 0 Å². The summed E-state index contributed by atoms with van der Waals surface area (Å²) in [7, 11) is 0. The number of rotatable bonds is 3. The van der Waals surface area contributed by atoms with E-state index in [0.717, 1.165) is 0 Å². The summed E-state index contributed by atoms with van der Waals surface area (Å²) < 4.78 is 12.8. The molecule has 2 N–H and O–H groups in total. The van der Waals surface area contributed by atoms with Crippen LogP contribution in [0.1, 0.15) is 15.9 Å². The van der Waals surface area contributed by atoms with Crippen molar-refractivity contribution in [2.75, 3.05) is 5.48 Å². The van der Waals surface area contributed by atoms with Gasteiger partial charge in [-0.05, 0) is 42.5 Å². The van der Waals surface area contributed by atoms with Crippen molar-refractivity contribution in [2.45, 2.75) is 0 Å². The SMILES string of the molecule is O=C(c1ccc(F)cc1)c1cc(Cl)ccc1NO. The Kier molecular flexibility index (Phi) is 3.60. The number of carbonyl (C=O) groups is 1. The summed E-state index contributed by atoms with van der Waals surface area (Å²) >= 11 is 5.81. The van der Waals surface area contributed by atoms with Crippen molar-refractivity contribution in [2.24, 2.45) is 0 Å². The molecule has 5 heteroatoms. The molecule has 0 aliphatic rings. The van der Waals surface area contributed by atoms with Crippen molar-refractivity contribution in [3.8, 4) is 0 Å². The van der Waals surface area contributed by atoms with E-state index in [4.69, 9.17) is 16.8 Å².